The second-order valence-electron chi connectivity index (χ2n) is 7.22. The standard InChI is InChI=1S/C22H28N2O2/c1-16(2)24-12-10-20(11-13-24)23-22(25)9-5-17-4-6-19-15-21(26-3)8-7-18(19)14-17/h4-9,14-16,20H,10-13H2,1-3H3,(H,23,25). The van der Waals surface area contributed by atoms with Crippen molar-refractivity contribution in [1.29, 1.82) is 0 Å². The number of benzene rings is 2. The zero-order valence-corrected chi connectivity index (χ0v) is 15.9. The summed E-state index contributed by atoms with van der Waals surface area (Å²) in [6.07, 6.45) is 5.56. The minimum absolute atomic E-state index is 0.0113. The van der Waals surface area contributed by atoms with Crippen molar-refractivity contribution < 1.29 is 9.53 Å². The fraction of sp³-hybridized carbons (Fsp3) is 0.409. The van der Waals surface area contributed by atoms with Gasteiger partial charge in [0.25, 0.3) is 0 Å². The molecule has 1 fully saturated rings. The second kappa shape index (κ2) is 8.37. The molecule has 0 aromatic heterocycles. The van der Waals surface area contributed by atoms with Crippen molar-refractivity contribution in [1.82, 2.24) is 10.2 Å². The van der Waals surface area contributed by atoms with Crippen LogP contribution in [-0.2, 0) is 4.79 Å². The normalized spacial score (nSPS) is 16.5. The Bertz CT molecular complexity index is 790. The van der Waals surface area contributed by atoms with Gasteiger partial charge in [-0.2, -0.15) is 0 Å². The van der Waals surface area contributed by atoms with Gasteiger partial charge in [0.15, 0.2) is 0 Å². The maximum Gasteiger partial charge on any atom is 0.244 e. The summed E-state index contributed by atoms with van der Waals surface area (Å²) in [4.78, 5) is 14.7. The molecule has 0 atom stereocenters. The lowest BCUT2D eigenvalue weighted by Gasteiger charge is -2.34. The van der Waals surface area contributed by atoms with E-state index in [4.69, 9.17) is 4.74 Å². The lowest BCUT2D eigenvalue weighted by atomic mass is 10.0. The van der Waals surface area contributed by atoms with Crippen LogP contribution in [0.25, 0.3) is 16.8 Å². The average molecular weight is 352 g/mol. The van der Waals surface area contributed by atoms with Crippen molar-refractivity contribution in [3.8, 4) is 5.75 Å². The number of amides is 1. The first kappa shape index (κ1) is 18.5. The predicted octanol–water partition coefficient (Wildman–Crippen LogP) is 3.85. The Balaban J connectivity index is 1.57. The maximum absolute atomic E-state index is 12.2. The fourth-order valence-electron chi connectivity index (χ4n) is 3.45. The minimum atomic E-state index is -0.0113. The number of methoxy groups -OCH3 is 1. The molecule has 4 nitrogen and oxygen atoms in total. The quantitative estimate of drug-likeness (QED) is 0.831. The van der Waals surface area contributed by atoms with Gasteiger partial charge in [-0.1, -0.05) is 18.2 Å². The molecule has 0 radical (unpaired) electrons. The molecule has 0 bridgehead atoms. The van der Waals surface area contributed by atoms with Crippen molar-refractivity contribution in [3.63, 3.8) is 0 Å². The molecule has 0 aliphatic carbocycles. The third-order valence-corrected chi connectivity index (χ3v) is 5.10. The van der Waals surface area contributed by atoms with Crippen LogP contribution >= 0.6 is 0 Å². The van der Waals surface area contributed by atoms with Crippen LogP contribution in [-0.4, -0.2) is 43.1 Å². The Labute approximate surface area is 155 Å². The SMILES string of the molecule is COc1ccc2cc(C=CC(=O)NC3CCN(C(C)C)CC3)ccc2c1. The topological polar surface area (TPSA) is 41.6 Å². The van der Waals surface area contributed by atoms with E-state index < -0.39 is 0 Å². The Morgan fingerprint density at radius 3 is 2.54 bits per heavy atom. The van der Waals surface area contributed by atoms with Crippen LogP contribution in [0.2, 0.25) is 0 Å². The molecule has 0 saturated carbocycles. The third-order valence-electron chi connectivity index (χ3n) is 5.10. The van der Waals surface area contributed by atoms with Gasteiger partial charge in [0.2, 0.25) is 5.91 Å². The summed E-state index contributed by atoms with van der Waals surface area (Å²) in [5.41, 5.74) is 1.02. The van der Waals surface area contributed by atoms with E-state index in [0.29, 0.717) is 6.04 Å². The Morgan fingerprint density at radius 1 is 1.15 bits per heavy atom. The van der Waals surface area contributed by atoms with Crippen LogP contribution in [0.1, 0.15) is 32.3 Å². The summed E-state index contributed by atoms with van der Waals surface area (Å²) in [5, 5.41) is 5.39. The Morgan fingerprint density at radius 2 is 1.85 bits per heavy atom. The second-order valence-corrected chi connectivity index (χ2v) is 7.22. The van der Waals surface area contributed by atoms with Crippen molar-refractivity contribution >= 4 is 22.8 Å². The predicted molar refractivity (Wildman–Crippen MR) is 107 cm³/mol. The van der Waals surface area contributed by atoms with Crippen LogP contribution in [0, 0.1) is 0 Å². The molecule has 0 unspecified atom stereocenters. The summed E-state index contributed by atoms with van der Waals surface area (Å²) in [6.45, 7) is 6.56. The molecular weight excluding hydrogens is 324 g/mol. The molecule has 0 spiro atoms. The molecule has 1 N–H and O–H groups in total. The molecular formula is C22H28N2O2. The smallest absolute Gasteiger partial charge is 0.244 e. The number of hydrogen-bond donors (Lipinski definition) is 1. The number of carbonyl (C=O) groups excluding carboxylic acids is 1. The number of carbonyl (C=O) groups is 1. The largest absolute Gasteiger partial charge is 0.497 e. The van der Waals surface area contributed by atoms with Gasteiger partial charge in [-0.05, 0) is 67.3 Å². The van der Waals surface area contributed by atoms with E-state index in [2.05, 4.69) is 36.2 Å². The number of fused-ring (bicyclic) bond motifs is 1. The number of likely N-dealkylation sites (tertiary alicyclic amines) is 1. The highest BCUT2D eigenvalue weighted by Gasteiger charge is 2.21. The first-order valence-electron chi connectivity index (χ1n) is 9.35. The highest BCUT2D eigenvalue weighted by atomic mass is 16.5. The zero-order valence-electron chi connectivity index (χ0n) is 15.9. The van der Waals surface area contributed by atoms with E-state index in [1.54, 1.807) is 13.2 Å². The first-order valence-corrected chi connectivity index (χ1v) is 9.35. The third kappa shape index (κ3) is 4.64. The summed E-state index contributed by atoms with van der Waals surface area (Å²) < 4.78 is 5.25. The molecule has 4 heteroatoms. The van der Waals surface area contributed by atoms with Crippen molar-refractivity contribution in [2.45, 2.75) is 38.8 Å². The van der Waals surface area contributed by atoms with Crippen LogP contribution in [0.15, 0.2) is 42.5 Å². The van der Waals surface area contributed by atoms with E-state index in [1.165, 1.54) is 0 Å². The number of hydrogen-bond acceptors (Lipinski definition) is 3. The molecule has 3 rings (SSSR count). The fourth-order valence-corrected chi connectivity index (χ4v) is 3.45. The van der Waals surface area contributed by atoms with Gasteiger partial charge in [0.1, 0.15) is 5.75 Å². The van der Waals surface area contributed by atoms with Gasteiger partial charge in [-0.3, -0.25) is 4.79 Å². The molecule has 1 amide bonds. The van der Waals surface area contributed by atoms with E-state index >= 15 is 0 Å². The van der Waals surface area contributed by atoms with Gasteiger partial charge in [-0.25, -0.2) is 0 Å². The van der Waals surface area contributed by atoms with Crippen LogP contribution in [0.3, 0.4) is 0 Å². The summed E-state index contributed by atoms with van der Waals surface area (Å²) in [7, 11) is 1.67. The Kier molecular flexibility index (Phi) is 5.94. The lowest BCUT2D eigenvalue weighted by molar-refractivity contribution is -0.117. The molecule has 1 heterocycles. The summed E-state index contributed by atoms with van der Waals surface area (Å²) >= 11 is 0. The molecule has 2 aromatic carbocycles. The van der Waals surface area contributed by atoms with E-state index in [-0.39, 0.29) is 11.9 Å². The van der Waals surface area contributed by atoms with Crippen molar-refractivity contribution in [2.24, 2.45) is 0 Å². The number of ether oxygens (including phenoxy) is 1. The van der Waals surface area contributed by atoms with Gasteiger partial charge in [0.05, 0.1) is 7.11 Å². The minimum Gasteiger partial charge on any atom is -0.497 e. The average Bonchev–Trinajstić information content (AvgIpc) is 2.66. The number of nitrogens with zero attached hydrogens (tertiary/aromatic N) is 1. The summed E-state index contributed by atoms with van der Waals surface area (Å²) in [5.74, 6) is 0.839. The number of rotatable bonds is 5. The molecule has 1 aliphatic heterocycles. The van der Waals surface area contributed by atoms with Gasteiger partial charge < -0.3 is 15.0 Å². The first-order chi connectivity index (χ1) is 12.5. The number of piperidine rings is 1. The van der Waals surface area contributed by atoms with E-state index in [9.17, 15) is 4.79 Å². The molecule has 26 heavy (non-hydrogen) atoms. The van der Waals surface area contributed by atoms with Gasteiger partial charge in [0, 0.05) is 31.2 Å². The van der Waals surface area contributed by atoms with Crippen LogP contribution in [0.4, 0.5) is 0 Å². The summed E-state index contributed by atoms with van der Waals surface area (Å²) in [6, 6.07) is 13.0. The molecule has 138 valence electrons. The highest BCUT2D eigenvalue weighted by Crippen LogP contribution is 2.22. The molecule has 1 saturated heterocycles. The van der Waals surface area contributed by atoms with E-state index in [0.717, 1.165) is 48.0 Å². The monoisotopic (exact) mass is 352 g/mol. The van der Waals surface area contributed by atoms with Crippen molar-refractivity contribution in [2.75, 3.05) is 20.2 Å². The van der Waals surface area contributed by atoms with Crippen LogP contribution in [0.5, 0.6) is 5.75 Å². The van der Waals surface area contributed by atoms with Gasteiger partial charge >= 0.3 is 0 Å². The molecule has 2 aromatic rings. The van der Waals surface area contributed by atoms with Crippen LogP contribution < -0.4 is 10.1 Å². The van der Waals surface area contributed by atoms with Gasteiger partial charge in [-0.15, -0.1) is 0 Å². The highest BCUT2D eigenvalue weighted by molar-refractivity contribution is 5.93. The zero-order chi connectivity index (χ0) is 18.5. The maximum atomic E-state index is 12.2. The van der Waals surface area contributed by atoms with E-state index in [1.807, 2.05) is 30.3 Å². The van der Waals surface area contributed by atoms with Crippen molar-refractivity contribution in [3.05, 3.63) is 48.0 Å². The number of nitrogens with one attached hydrogen (secondary N) is 1. The lowest BCUT2D eigenvalue weighted by Crippen LogP contribution is -2.46. The molecule has 1 aliphatic rings. The Hall–Kier alpha value is -2.33.